The van der Waals surface area contributed by atoms with E-state index in [1.807, 2.05) is 74.1 Å². The van der Waals surface area contributed by atoms with Crippen LogP contribution in [-0.4, -0.2) is 37.5 Å². The second-order valence-corrected chi connectivity index (χ2v) is 7.94. The number of aromatic nitrogens is 4. The number of allylic oxidation sites excluding steroid dienone is 1. The number of hydrogen-bond donors (Lipinski definition) is 0. The highest BCUT2D eigenvalue weighted by Crippen LogP contribution is 2.35. The van der Waals surface area contributed by atoms with Crippen molar-refractivity contribution in [3.8, 4) is 11.3 Å². The number of nitrogens with zero attached hydrogens (tertiary/aromatic N) is 6. The van der Waals surface area contributed by atoms with E-state index in [2.05, 4.69) is 28.1 Å². The second-order valence-electron chi connectivity index (χ2n) is 7.53. The largest absolute Gasteiger partial charge is 0.349 e. The van der Waals surface area contributed by atoms with Crippen molar-refractivity contribution in [2.45, 2.75) is 13.0 Å². The molecule has 1 unspecified atom stereocenters. The summed E-state index contributed by atoms with van der Waals surface area (Å²) in [6.07, 6.45) is 5.89. The Morgan fingerprint density at radius 1 is 0.968 bits per heavy atom. The van der Waals surface area contributed by atoms with Crippen LogP contribution in [0.25, 0.3) is 27.9 Å². The monoisotopic (exact) mass is 428 g/mol. The van der Waals surface area contributed by atoms with E-state index >= 15 is 0 Å². The second kappa shape index (κ2) is 7.96. The highest BCUT2D eigenvalue weighted by molar-refractivity contribution is 6.33. The first-order valence-corrected chi connectivity index (χ1v) is 10.5. The molecule has 154 valence electrons. The first-order valence-electron chi connectivity index (χ1n) is 10.1. The Labute approximate surface area is 185 Å². The van der Waals surface area contributed by atoms with Gasteiger partial charge in [-0.3, -0.25) is 9.67 Å². The molecule has 0 fully saturated rings. The zero-order chi connectivity index (χ0) is 21.4. The van der Waals surface area contributed by atoms with E-state index in [0.29, 0.717) is 11.7 Å². The number of halogens is 1. The number of hydrogen-bond acceptors (Lipinski definition) is 5. The van der Waals surface area contributed by atoms with Crippen molar-refractivity contribution < 1.29 is 0 Å². The molecule has 4 aromatic rings. The van der Waals surface area contributed by atoms with Gasteiger partial charge in [0.2, 0.25) is 0 Å². The third-order valence-corrected chi connectivity index (χ3v) is 5.74. The summed E-state index contributed by atoms with van der Waals surface area (Å²) in [6.45, 7) is 2.65. The standard InChI is InChI=1S/C24H21ClN6/c1-16(31-14-17(13-26-15-31)20-11-12-30(2)29-20)23-24(18-7-3-4-8-19(18)25)28-22-10-6-5-9-21(22)27-23/h3-14,16H,15H2,1-2H3. The van der Waals surface area contributed by atoms with Crippen molar-refractivity contribution >= 4 is 34.4 Å². The molecular weight excluding hydrogens is 408 g/mol. The molecule has 0 spiro atoms. The van der Waals surface area contributed by atoms with E-state index in [4.69, 9.17) is 21.6 Å². The van der Waals surface area contributed by atoms with Crippen LogP contribution in [-0.2, 0) is 7.05 Å². The first-order chi connectivity index (χ1) is 15.1. The summed E-state index contributed by atoms with van der Waals surface area (Å²) in [5.74, 6) is 0. The molecule has 6 nitrogen and oxygen atoms in total. The molecule has 0 saturated carbocycles. The fraction of sp³-hybridized carbons (Fsp3) is 0.167. The number of fused-ring (bicyclic) bond motifs is 1. The van der Waals surface area contributed by atoms with Crippen molar-refractivity contribution in [2.24, 2.45) is 12.0 Å². The number of aliphatic imine (C=N–C) groups is 1. The highest BCUT2D eigenvalue weighted by Gasteiger charge is 2.24. The Balaban J connectivity index is 1.62. The third kappa shape index (κ3) is 3.70. The smallest absolute Gasteiger partial charge is 0.110 e. The number of aryl methyl sites for hydroxylation is 1. The molecule has 0 bridgehead atoms. The lowest BCUT2D eigenvalue weighted by Gasteiger charge is -2.29. The Kier molecular flexibility index (Phi) is 5.00. The van der Waals surface area contributed by atoms with Crippen LogP contribution in [0.5, 0.6) is 0 Å². The fourth-order valence-corrected chi connectivity index (χ4v) is 3.96. The van der Waals surface area contributed by atoms with E-state index < -0.39 is 0 Å². The molecular formula is C24H21ClN6. The van der Waals surface area contributed by atoms with E-state index in [9.17, 15) is 0 Å². The molecule has 2 aromatic heterocycles. The van der Waals surface area contributed by atoms with Crippen LogP contribution in [0.15, 0.2) is 72.0 Å². The van der Waals surface area contributed by atoms with Gasteiger partial charge in [-0.25, -0.2) is 9.97 Å². The van der Waals surface area contributed by atoms with Crippen LogP contribution < -0.4 is 0 Å². The molecule has 3 heterocycles. The van der Waals surface area contributed by atoms with Crippen molar-refractivity contribution in [3.05, 3.63) is 83.4 Å². The van der Waals surface area contributed by atoms with Crippen molar-refractivity contribution in [1.29, 1.82) is 0 Å². The first kappa shape index (κ1) is 19.5. The topological polar surface area (TPSA) is 59.2 Å². The lowest BCUT2D eigenvalue weighted by molar-refractivity contribution is 0.302. The van der Waals surface area contributed by atoms with Gasteiger partial charge in [0.05, 0.1) is 39.2 Å². The summed E-state index contributed by atoms with van der Waals surface area (Å²) in [4.78, 5) is 16.7. The minimum absolute atomic E-state index is 0.0699. The predicted molar refractivity (Wildman–Crippen MR) is 125 cm³/mol. The van der Waals surface area contributed by atoms with E-state index in [1.54, 1.807) is 4.68 Å². The summed E-state index contributed by atoms with van der Waals surface area (Å²) in [5.41, 5.74) is 6.08. The van der Waals surface area contributed by atoms with Crippen LogP contribution in [0.2, 0.25) is 5.02 Å². The zero-order valence-electron chi connectivity index (χ0n) is 17.3. The average molecular weight is 429 g/mol. The van der Waals surface area contributed by atoms with Crippen LogP contribution in [0, 0.1) is 0 Å². The summed E-state index contributed by atoms with van der Waals surface area (Å²) in [6, 6.07) is 17.6. The van der Waals surface area contributed by atoms with Gasteiger partial charge in [-0.2, -0.15) is 5.10 Å². The molecule has 31 heavy (non-hydrogen) atoms. The summed E-state index contributed by atoms with van der Waals surface area (Å²) in [7, 11) is 1.91. The molecule has 0 amide bonds. The average Bonchev–Trinajstić information content (AvgIpc) is 3.24. The van der Waals surface area contributed by atoms with Crippen molar-refractivity contribution in [3.63, 3.8) is 0 Å². The van der Waals surface area contributed by atoms with E-state index in [1.165, 1.54) is 0 Å². The fourth-order valence-electron chi connectivity index (χ4n) is 3.74. The van der Waals surface area contributed by atoms with Gasteiger partial charge in [-0.15, -0.1) is 0 Å². The van der Waals surface area contributed by atoms with Gasteiger partial charge in [0.25, 0.3) is 0 Å². The van der Waals surface area contributed by atoms with Gasteiger partial charge in [-0.1, -0.05) is 41.9 Å². The molecule has 5 rings (SSSR count). The summed E-state index contributed by atoms with van der Waals surface area (Å²) >= 11 is 6.55. The lowest BCUT2D eigenvalue weighted by Crippen LogP contribution is -2.26. The lowest BCUT2D eigenvalue weighted by atomic mass is 10.0. The van der Waals surface area contributed by atoms with Crippen molar-refractivity contribution in [2.75, 3.05) is 6.67 Å². The maximum absolute atomic E-state index is 6.55. The number of para-hydroxylation sites is 2. The molecule has 0 saturated heterocycles. The highest BCUT2D eigenvalue weighted by atomic mass is 35.5. The molecule has 0 radical (unpaired) electrons. The molecule has 1 atom stereocenters. The van der Waals surface area contributed by atoms with Crippen LogP contribution in [0.1, 0.15) is 24.4 Å². The van der Waals surface area contributed by atoms with Crippen LogP contribution in [0.4, 0.5) is 0 Å². The number of rotatable bonds is 4. The number of benzene rings is 2. The third-order valence-electron chi connectivity index (χ3n) is 5.41. The van der Waals surface area contributed by atoms with Gasteiger partial charge >= 0.3 is 0 Å². The molecule has 0 aliphatic carbocycles. The normalized spacial score (nSPS) is 14.7. The van der Waals surface area contributed by atoms with E-state index in [-0.39, 0.29) is 6.04 Å². The molecule has 2 aromatic carbocycles. The Morgan fingerprint density at radius 3 is 2.45 bits per heavy atom. The molecule has 0 N–H and O–H groups in total. The summed E-state index contributed by atoms with van der Waals surface area (Å²) < 4.78 is 1.79. The maximum atomic E-state index is 6.55. The van der Waals surface area contributed by atoms with Gasteiger partial charge < -0.3 is 4.90 Å². The quantitative estimate of drug-likeness (QED) is 0.452. The molecule has 1 aliphatic heterocycles. The Hall–Kier alpha value is -3.51. The van der Waals surface area contributed by atoms with Gasteiger partial charge in [0.15, 0.2) is 0 Å². The minimum Gasteiger partial charge on any atom is -0.349 e. The summed E-state index contributed by atoms with van der Waals surface area (Å²) in [5, 5.41) is 5.16. The molecule has 7 heteroatoms. The van der Waals surface area contributed by atoms with Gasteiger partial charge in [0.1, 0.15) is 6.67 Å². The zero-order valence-corrected chi connectivity index (χ0v) is 18.0. The Morgan fingerprint density at radius 2 is 1.71 bits per heavy atom. The Bertz CT molecular complexity index is 1320. The van der Waals surface area contributed by atoms with Crippen molar-refractivity contribution in [1.82, 2.24) is 24.6 Å². The van der Waals surface area contributed by atoms with Gasteiger partial charge in [0, 0.05) is 36.8 Å². The van der Waals surface area contributed by atoms with Gasteiger partial charge in [-0.05, 0) is 31.2 Å². The molecule has 1 aliphatic rings. The maximum Gasteiger partial charge on any atom is 0.110 e. The predicted octanol–water partition coefficient (Wildman–Crippen LogP) is 5.13. The van der Waals surface area contributed by atoms with Crippen LogP contribution in [0.3, 0.4) is 0 Å². The SMILES string of the molecule is CC(c1nc2ccccc2nc1-c1ccccc1Cl)N1C=C(c2ccn(C)n2)C=NC1. The minimum atomic E-state index is -0.0699. The van der Waals surface area contributed by atoms with E-state index in [0.717, 1.165) is 39.3 Å². The van der Waals surface area contributed by atoms with Crippen LogP contribution >= 0.6 is 11.6 Å².